The first-order valence-electron chi connectivity index (χ1n) is 4.59. The molecule has 0 saturated heterocycles. The topological polar surface area (TPSA) is 79.3 Å². The molecule has 1 aromatic heterocycles. The second-order valence-corrected chi connectivity index (χ2v) is 3.89. The Labute approximate surface area is 97.3 Å². The monoisotopic (exact) mass is 240 g/mol. The van der Waals surface area contributed by atoms with E-state index in [2.05, 4.69) is 10.3 Å². The van der Waals surface area contributed by atoms with Gasteiger partial charge in [0.25, 0.3) is 5.91 Å². The van der Waals surface area contributed by atoms with E-state index in [1.807, 2.05) is 0 Å². The summed E-state index contributed by atoms with van der Waals surface area (Å²) in [6, 6.07) is 2.34. The summed E-state index contributed by atoms with van der Waals surface area (Å²) >= 11 is 1.34. The highest BCUT2D eigenvalue weighted by molar-refractivity contribution is 7.98. The van der Waals surface area contributed by atoms with Crippen LogP contribution in [0.2, 0.25) is 0 Å². The Morgan fingerprint density at radius 1 is 1.56 bits per heavy atom. The molecule has 5 nitrogen and oxygen atoms in total. The van der Waals surface area contributed by atoms with Gasteiger partial charge in [0.1, 0.15) is 11.1 Å². The minimum absolute atomic E-state index is 0.392. The number of thioether (sulfide) groups is 1. The largest absolute Gasteiger partial charge is 0.480 e. The van der Waals surface area contributed by atoms with Crippen LogP contribution in [0.4, 0.5) is 0 Å². The molecule has 86 valence electrons. The zero-order chi connectivity index (χ0) is 12.1. The van der Waals surface area contributed by atoms with Crippen molar-refractivity contribution in [1.82, 2.24) is 10.3 Å². The Balaban J connectivity index is 2.84. The molecular weight excluding hydrogens is 228 g/mol. The highest BCUT2D eigenvalue weighted by atomic mass is 32.2. The van der Waals surface area contributed by atoms with Crippen LogP contribution in [0.5, 0.6) is 0 Å². The van der Waals surface area contributed by atoms with Gasteiger partial charge in [0.2, 0.25) is 0 Å². The van der Waals surface area contributed by atoms with Gasteiger partial charge >= 0.3 is 5.97 Å². The van der Waals surface area contributed by atoms with Gasteiger partial charge in [-0.25, -0.2) is 4.98 Å². The van der Waals surface area contributed by atoms with Gasteiger partial charge in [-0.15, -0.1) is 11.8 Å². The van der Waals surface area contributed by atoms with Crippen molar-refractivity contribution in [3.05, 3.63) is 23.9 Å². The molecule has 0 aliphatic carbocycles. The number of rotatable bonds is 4. The van der Waals surface area contributed by atoms with Crippen molar-refractivity contribution in [3.8, 4) is 0 Å². The first kappa shape index (κ1) is 12.5. The van der Waals surface area contributed by atoms with Crippen molar-refractivity contribution in [3.63, 3.8) is 0 Å². The number of nitrogens with one attached hydrogen (secondary N) is 1. The van der Waals surface area contributed by atoms with Crippen LogP contribution in [-0.2, 0) is 4.79 Å². The first-order valence-corrected chi connectivity index (χ1v) is 5.81. The summed E-state index contributed by atoms with van der Waals surface area (Å²) in [6.07, 6.45) is 3.39. The molecule has 1 atom stereocenters. The summed E-state index contributed by atoms with van der Waals surface area (Å²) in [5, 5.41) is 11.6. The van der Waals surface area contributed by atoms with Crippen LogP contribution in [0.1, 0.15) is 17.3 Å². The van der Waals surface area contributed by atoms with Gasteiger partial charge in [0.15, 0.2) is 0 Å². The van der Waals surface area contributed by atoms with Crippen molar-refractivity contribution in [2.24, 2.45) is 0 Å². The van der Waals surface area contributed by atoms with E-state index >= 15 is 0 Å². The molecule has 0 bridgehead atoms. The third kappa shape index (κ3) is 2.96. The Morgan fingerprint density at radius 2 is 2.25 bits per heavy atom. The van der Waals surface area contributed by atoms with E-state index in [1.165, 1.54) is 18.7 Å². The number of carboxylic acid groups (broad SMARTS) is 1. The first-order chi connectivity index (χ1) is 7.56. The lowest BCUT2D eigenvalue weighted by Gasteiger charge is -2.10. The molecular formula is C10H12N2O3S. The number of carboxylic acids is 1. The van der Waals surface area contributed by atoms with Gasteiger partial charge < -0.3 is 10.4 Å². The molecule has 6 heteroatoms. The summed E-state index contributed by atoms with van der Waals surface area (Å²) < 4.78 is 0. The predicted octanol–water partition coefficient (Wildman–Crippen LogP) is 1.01. The third-order valence-electron chi connectivity index (χ3n) is 1.93. The number of pyridine rings is 1. The lowest BCUT2D eigenvalue weighted by Crippen LogP contribution is -2.38. The van der Waals surface area contributed by atoms with Gasteiger partial charge in [-0.05, 0) is 25.3 Å². The van der Waals surface area contributed by atoms with Crippen molar-refractivity contribution in [2.75, 3.05) is 6.26 Å². The molecule has 16 heavy (non-hydrogen) atoms. The fourth-order valence-electron chi connectivity index (χ4n) is 1.06. The van der Waals surface area contributed by atoms with E-state index in [4.69, 9.17) is 5.11 Å². The van der Waals surface area contributed by atoms with E-state index in [0.29, 0.717) is 10.6 Å². The quantitative estimate of drug-likeness (QED) is 0.768. The summed E-state index contributed by atoms with van der Waals surface area (Å²) in [7, 11) is 0. The standard InChI is InChI=1S/C10H12N2O3S/c1-6(10(14)15)12-8(13)7-4-3-5-11-9(7)16-2/h3-6H,1-2H3,(H,12,13)(H,14,15). The zero-order valence-corrected chi connectivity index (χ0v) is 9.75. The van der Waals surface area contributed by atoms with Crippen LogP contribution in [0, 0.1) is 0 Å². The van der Waals surface area contributed by atoms with Crippen LogP contribution in [0.3, 0.4) is 0 Å². The number of hydrogen-bond acceptors (Lipinski definition) is 4. The van der Waals surface area contributed by atoms with Crippen LogP contribution in [0.15, 0.2) is 23.4 Å². The maximum atomic E-state index is 11.7. The van der Waals surface area contributed by atoms with E-state index < -0.39 is 17.9 Å². The average molecular weight is 240 g/mol. The lowest BCUT2D eigenvalue weighted by molar-refractivity contribution is -0.138. The Bertz CT molecular complexity index is 409. The zero-order valence-electron chi connectivity index (χ0n) is 8.93. The molecule has 0 aromatic carbocycles. The van der Waals surface area contributed by atoms with Gasteiger partial charge in [-0.3, -0.25) is 9.59 Å². The molecule has 1 amide bonds. The second kappa shape index (κ2) is 5.50. The highest BCUT2D eigenvalue weighted by Crippen LogP contribution is 2.16. The van der Waals surface area contributed by atoms with Gasteiger partial charge in [0, 0.05) is 6.20 Å². The number of hydrogen-bond donors (Lipinski definition) is 2. The number of carbonyl (C=O) groups excluding carboxylic acids is 1. The smallest absolute Gasteiger partial charge is 0.325 e. The normalized spacial score (nSPS) is 11.9. The molecule has 1 rings (SSSR count). The third-order valence-corrected chi connectivity index (χ3v) is 2.64. The highest BCUT2D eigenvalue weighted by Gasteiger charge is 2.17. The average Bonchev–Trinajstić information content (AvgIpc) is 2.28. The Kier molecular flexibility index (Phi) is 4.30. The van der Waals surface area contributed by atoms with Gasteiger partial charge in [-0.2, -0.15) is 0 Å². The number of nitrogens with zero attached hydrogens (tertiary/aromatic N) is 1. The second-order valence-electron chi connectivity index (χ2n) is 3.09. The van der Waals surface area contributed by atoms with E-state index in [0.717, 1.165) is 0 Å². The molecule has 2 N–H and O–H groups in total. The molecule has 1 unspecified atom stereocenters. The van der Waals surface area contributed by atoms with E-state index in [9.17, 15) is 9.59 Å². The summed E-state index contributed by atoms with van der Waals surface area (Å²) in [4.78, 5) is 26.3. The fourth-order valence-corrected chi connectivity index (χ4v) is 1.61. The predicted molar refractivity (Wildman–Crippen MR) is 60.6 cm³/mol. The van der Waals surface area contributed by atoms with Crippen LogP contribution in [-0.4, -0.2) is 34.3 Å². The van der Waals surface area contributed by atoms with Crippen LogP contribution < -0.4 is 5.32 Å². The molecule has 0 aliphatic rings. The Morgan fingerprint density at radius 3 is 2.81 bits per heavy atom. The molecule has 0 spiro atoms. The van der Waals surface area contributed by atoms with Crippen LogP contribution in [0.25, 0.3) is 0 Å². The molecule has 0 aliphatic heterocycles. The maximum Gasteiger partial charge on any atom is 0.325 e. The number of aliphatic carboxylic acids is 1. The summed E-state index contributed by atoms with van der Waals surface area (Å²) in [6.45, 7) is 1.41. The number of aromatic nitrogens is 1. The number of amides is 1. The Hall–Kier alpha value is -1.56. The summed E-state index contributed by atoms with van der Waals surface area (Å²) in [5.41, 5.74) is 0.392. The fraction of sp³-hybridized carbons (Fsp3) is 0.300. The van der Waals surface area contributed by atoms with Crippen molar-refractivity contribution >= 4 is 23.6 Å². The summed E-state index contributed by atoms with van der Waals surface area (Å²) in [5.74, 6) is -1.49. The molecule has 0 fully saturated rings. The minimum atomic E-state index is -1.07. The van der Waals surface area contributed by atoms with Gasteiger partial charge in [0.05, 0.1) is 5.56 Å². The molecule has 0 saturated carbocycles. The molecule has 1 heterocycles. The SMILES string of the molecule is CSc1ncccc1C(=O)NC(C)C(=O)O. The molecule has 0 radical (unpaired) electrons. The number of carbonyl (C=O) groups is 2. The van der Waals surface area contributed by atoms with Crippen LogP contribution >= 0.6 is 11.8 Å². The van der Waals surface area contributed by atoms with E-state index in [-0.39, 0.29) is 0 Å². The maximum absolute atomic E-state index is 11.7. The lowest BCUT2D eigenvalue weighted by atomic mass is 10.2. The van der Waals surface area contributed by atoms with Crippen molar-refractivity contribution in [1.29, 1.82) is 0 Å². The molecule has 1 aromatic rings. The van der Waals surface area contributed by atoms with E-state index in [1.54, 1.807) is 24.6 Å². The van der Waals surface area contributed by atoms with Crippen molar-refractivity contribution in [2.45, 2.75) is 18.0 Å². The van der Waals surface area contributed by atoms with Gasteiger partial charge in [-0.1, -0.05) is 0 Å². The van der Waals surface area contributed by atoms with Crippen molar-refractivity contribution < 1.29 is 14.7 Å². The minimum Gasteiger partial charge on any atom is -0.480 e.